The highest BCUT2D eigenvalue weighted by Crippen LogP contribution is 2.25. The number of aryl methyl sites for hydroxylation is 1. The summed E-state index contributed by atoms with van der Waals surface area (Å²) in [6, 6.07) is 0. The minimum Gasteiger partial charge on any atom is -0.476 e. The van der Waals surface area contributed by atoms with Crippen molar-refractivity contribution in [3.8, 4) is 0 Å². The van der Waals surface area contributed by atoms with Gasteiger partial charge in [0, 0.05) is 19.4 Å². The Bertz CT molecular complexity index is 308. The van der Waals surface area contributed by atoms with Gasteiger partial charge in [0.05, 0.1) is 0 Å². The molecule has 1 aromatic rings. The van der Waals surface area contributed by atoms with E-state index in [1.54, 1.807) is 0 Å². The summed E-state index contributed by atoms with van der Waals surface area (Å²) in [5.41, 5.74) is 0. The lowest BCUT2D eigenvalue weighted by atomic mass is 10.3. The smallest absolute Gasteiger partial charge is 0.399 e. The van der Waals surface area contributed by atoms with Crippen LogP contribution in [0.5, 0.6) is 0 Å². The zero-order valence-corrected chi connectivity index (χ0v) is 6.16. The fourth-order valence-corrected chi connectivity index (χ4v) is 0.764. The number of aliphatic carboxylic acids is 1. The third-order valence-corrected chi connectivity index (χ3v) is 1.37. The maximum Gasteiger partial charge on any atom is 0.399 e. The van der Waals surface area contributed by atoms with Gasteiger partial charge in [-0.25, -0.2) is 9.78 Å². The predicted octanol–water partition coefficient (Wildman–Crippen LogP) is 0.596. The molecule has 0 atom stereocenters. The van der Waals surface area contributed by atoms with Crippen molar-refractivity contribution in [2.45, 2.75) is 5.92 Å². The molecule has 0 aliphatic carbocycles. The molecule has 0 bridgehead atoms. The van der Waals surface area contributed by atoms with Crippen molar-refractivity contribution < 1.29 is 18.7 Å². The van der Waals surface area contributed by atoms with Crippen molar-refractivity contribution in [2.75, 3.05) is 0 Å². The largest absolute Gasteiger partial charge is 0.476 e. The lowest BCUT2D eigenvalue weighted by Gasteiger charge is -2.09. The predicted molar refractivity (Wildman–Crippen MR) is 34.7 cm³/mol. The first kappa shape index (κ1) is 8.63. The van der Waals surface area contributed by atoms with E-state index in [1.165, 1.54) is 13.2 Å². The zero-order chi connectivity index (χ0) is 9.35. The number of halogens is 2. The van der Waals surface area contributed by atoms with E-state index in [4.69, 9.17) is 5.11 Å². The summed E-state index contributed by atoms with van der Waals surface area (Å²) < 4.78 is 26.3. The van der Waals surface area contributed by atoms with Crippen LogP contribution in [0.2, 0.25) is 0 Å². The number of carboxylic acid groups (broad SMARTS) is 1. The van der Waals surface area contributed by atoms with Crippen LogP contribution in [-0.2, 0) is 17.8 Å². The molecule has 0 fully saturated rings. The summed E-state index contributed by atoms with van der Waals surface area (Å²) in [7, 11) is 1.30. The second kappa shape index (κ2) is 2.54. The van der Waals surface area contributed by atoms with Crippen molar-refractivity contribution in [2.24, 2.45) is 7.05 Å². The molecule has 0 spiro atoms. The van der Waals surface area contributed by atoms with Gasteiger partial charge < -0.3 is 9.67 Å². The van der Waals surface area contributed by atoms with E-state index in [0.29, 0.717) is 0 Å². The summed E-state index contributed by atoms with van der Waals surface area (Å²) in [6.07, 6.45) is 2.37. The molecule has 0 aliphatic rings. The molecule has 0 aliphatic heterocycles. The number of hydrogen-bond donors (Lipinski definition) is 1. The lowest BCUT2D eigenvalue weighted by molar-refractivity contribution is -0.167. The number of carbonyl (C=O) groups is 1. The Morgan fingerprint density at radius 1 is 1.75 bits per heavy atom. The van der Waals surface area contributed by atoms with Crippen LogP contribution in [0.1, 0.15) is 5.82 Å². The molecule has 6 heteroatoms. The molecule has 0 saturated carbocycles. The topological polar surface area (TPSA) is 55.1 Å². The Kier molecular flexibility index (Phi) is 1.83. The average Bonchev–Trinajstić information content (AvgIpc) is 2.35. The van der Waals surface area contributed by atoms with Crippen molar-refractivity contribution in [3.05, 3.63) is 18.2 Å². The molecule has 0 aromatic carbocycles. The molecular weight excluding hydrogens is 170 g/mol. The van der Waals surface area contributed by atoms with Crippen LogP contribution in [0.15, 0.2) is 12.4 Å². The first-order valence-corrected chi connectivity index (χ1v) is 3.05. The summed E-state index contributed by atoms with van der Waals surface area (Å²) in [5, 5.41) is 8.13. The Morgan fingerprint density at radius 2 is 2.33 bits per heavy atom. The maximum atomic E-state index is 12.7. The molecule has 1 aromatic heterocycles. The molecule has 0 radical (unpaired) electrons. The normalized spacial score (nSPS) is 11.6. The number of imidazole rings is 1. The number of nitrogens with zero attached hydrogens (tertiary/aromatic N) is 2. The summed E-state index contributed by atoms with van der Waals surface area (Å²) in [5.74, 6) is -6.88. The van der Waals surface area contributed by atoms with Gasteiger partial charge >= 0.3 is 11.9 Å². The van der Waals surface area contributed by atoms with Gasteiger partial charge in [0.1, 0.15) is 0 Å². The molecule has 1 N–H and O–H groups in total. The highest BCUT2D eigenvalue weighted by Gasteiger charge is 2.44. The van der Waals surface area contributed by atoms with Crippen molar-refractivity contribution in [1.82, 2.24) is 9.55 Å². The van der Waals surface area contributed by atoms with Crippen LogP contribution in [0.4, 0.5) is 8.78 Å². The second-order valence-electron chi connectivity index (χ2n) is 2.24. The fourth-order valence-electron chi connectivity index (χ4n) is 0.764. The first-order valence-electron chi connectivity index (χ1n) is 3.05. The molecular formula is C6H6F2N2O2. The minimum absolute atomic E-state index is 0.769. The third-order valence-electron chi connectivity index (χ3n) is 1.37. The van der Waals surface area contributed by atoms with Gasteiger partial charge in [0.15, 0.2) is 5.82 Å². The summed E-state index contributed by atoms with van der Waals surface area (Å²) in [6.45, 7) is 0. The van der Waals surface area contributed by atoms with Gasteiger partial charge in [-0.2, -0.15) is 8.78 Å². The number of hydrogen-bond acceptors (Lipinski definition) is 2. The Balaban J connectivity index is 3.13. The van der Waals surface area contributed by atoms with E-state index < -0.39 is 17.7 Å². The van der Waals surface area contributed by atoms with Crippen LogP contribution < -0.4 is 0 Å². The monoisotopic (exact) mass is 176 g/mol. The van der Waals surface area contributed by atoms with E-state index in [9.17, 15) is 13.6 Å². The van der Waals surface area contributed by atoms with E-state index in [-0.39, 0.29) is 0 Å². The summed E-state index contributed by atoms with van der Waals surface area (Å²) >= 11 is 0. The van der Waals surface area contributed by atoms with Gasteiger partial charge in [-0.3, -0.25) is 0 Å². The van der Waals surface area contributed by atoms with Crippen molar-refractivity contribution >= 4 is 5.97 Å². The van der Waals surface area contributed by atoms with E-state index in [0.717, 1.165) is 10.8 Å². The molecule has 1 heterocycles. The van der Waals surface area contributed by atoms with Gasteiger partial charge in [-0.05, 0) is 0 Å². The standard InChI is InChI=1S/C6H6F2N2O2/c1-10-3-2-9-4(10)6(7,8)5(11)12/h2-3H,1H3,(H,11,12). The highest BCUT2D eigenvalue weighted by atomic mass is 19.3. The van der Waals surface area contributed by atoms with E-state index in [2.05, 4.69) is 4.98 Å². The van der Waals surface area contributed by atoms with Crippen LogP contribution in [-0.4, -0.2) is 20.6 Å². The van der Waals surface area contributed by atoms with Crippen molar-refractivity contribution in [1.29, 1.82) is 0 Å². The molecule has 66 valence electrons. The van der Waals surface area contributed by atoms with E-state index in [1.807, 2.05) is 0 Å². The quantitative estimate of drug-likeness (QED) is 0.717. The number of rotatable bonds is 2. The van der Waals surface area contributed by atoms with Gasteiger partial charge in [-0.1, -0.05) is 0 Å². The average molecular weight is 176 g/mol. The second-order valence-corrected chi connectivity index (χ2v) is 2.24. The van der Waals surface area contributed by atoms with E-state index >= 15 is 0 Å². The van der Waals surface area contributed by atoms with Crippen LogP contribution >= 0.6 is 0 Å². The summed E-state index contributed by atoms with van der Waals surface area (Å²) in [4.78, 5) is 13.3. The van der Waals surface area contributed by atoms with Crippen LogP contribution in [0, 0.1) is 0 Å². The zero-order valence-electron chi connectivity index (χ0n) is 6.16. The minimum atomic E-state index is -3.92. The van der Waals surface area contributed by atoms with Gasteiger partial charge in [-0.15, -0.1) is 0 Å². The SMILES string of the molecule is Cn1ccnc1C(F)(F)C(=O)O. The number of alkyl halides is 2. The van der Waals surface area contributed by atoms with Crippen LogP contribution in [0.25, 0.3) is 0 Å². The van der Waals surface area contributed by atoms with Gasteiger partial charge in [0.2, 0.25) is 0 Å². The molecule has 0 amide bonds. The number of carboxylic acids is 1. The Morgan fingerprint density at radius 3 is 2.67 bits per heavy atom. The Hall–Kier alpha value is -1.46. The van der Waals surface area contributed by atoms with Crippen LogP contribution in [0.3, 0.4) is 0 Å². The fraction of sp³-hybridized carbons (Fsp3) is 0.333. The number of aromatic nitrogens is 2. The molecule has 4 nitrogen and oxygen atoms in total. The van der Waals surface area contributed by atoms with Crippen molar-refractivity contribution in [3.63, 3.8) is 0 Å². The highest BCUT2D eigenvalue weighted by molar-refractivity contribution is 5.76. The first-order chi connectivity index (χ1) is 5.46. The van der Waals surface area contributed by atoms with Gasteiger partial charge in [0.25, 0.3) is 0 Å². The lowest BCUT2D eigenvalue weighted by Crippen LogP contribution is -2.28. The maximum absolute atomic E-state index is 12.7. The molecule has 0 saturated heterocycles. The Labute approximate surface area is 66.5 Å². The molecule has 1 rings (SSSR count). The third kappa shape index (κ3) is 1.15. The molecule has 12 heavy (non-hydrogen) atoms. The molecule has 0 unspecified atom stereocenters.